The first kappa shape index (κ1) is 12.0. The maximum Gasteiger partial charge on any atom is 0.351 e. The van der Waals surface area contributed by atoms with E-state index < -0.39 is 24.1 Å². The maximum absolute atomic E-state index is 11.6. The van der Waals surface area contributed by atoms with Gasteiger partial charge in [0.2, 0.25) is 0 Å². The molecule has 1 fully saturated rings. The Bertz CT molecular complexity index is 437. The molecule has 8 nitrogen and oxygen atoms in total. The molecule has 8 heteroatoms. The Kier molecular flexibility index (Phi) is 3.38. The smallest absolute Gasteiger partial charge is 0.351 e. The van der Waals surface area contributed by atoms with Crippen molar-refractivity contribution in [3.63, 3.8) is 0 Å². The lowest BCUT2D eigenvalue weighted by atomic mass is 10.2. The third-order valence-electron chi connectivity index (χ3n) is 2.70. The van der Waals surface area contributed by atoms with E-state index >= 15 is 0 Å². The fraction of sp³-hybridized carbons (Fsp3) is 0.556. The summed E-state index contributed by atoms with van der Waals surface area (Å²) in [6, 6.07) is 1.50. The van der Waals surface area contributed by atoms with Crippen molar-refractivity contribution in [3.8, 4) is 0 Å². The largest absolute Gasteiger partial charge is 0.394 e. The van der Waals surface area contributed by atoms with Crippen molar-refractivity contribution in [1.29, 1.82) is 0 Å². The molecule has 2 rings (SSSR count). The van der Waals surface area contributed by atoms with Crippen LogP contribution in [0.5, 0.6) is 0 Å². The second-order valence-electron chi connectivity index (χ2n) is 3.76. The van der Waals surface area contributed by atoms with E-state index in [1.807, 2.05) is 0 Å². The van der Waals surface area contributed by atoms with Crippen molar-refractivity contribution in [1.82, 2.24) is 9.55 Å². The minimum Gasteiger partial charge on any atom is -0.394 e. The number of rotatable bonds is 3. The molecule has 17 heavy (non-hydrogen) atoms. The van der Waals surface area contributed by atoms with E-state index in [9.17, 15) is 4.79 Å². The first-order valence-corrected chi connectivity index (χ1v) is 5.12. The van der Waals surface area contributed by atoms with Crippen molar-refractivity contribution in [3.05, 3.63) is 22.7 Å². The molecule has 0 aliphatic carbocycles. The van der Waals surface area contributed by atoms with Crippen LogP contribution < -0.4 is 17.3 Å². The molecule has 0 amide bonds. The summed E-state index contributed by atoms with van der Waals surface area (Å²) in [6.07, 6.45) is 0.306. The SMILES string of the molecule is NO[C@H]1C[C@H](n2ccc(N)nc2=O)O[C@@H]1CO. The molecule has 0 saturated carbocycles. The summed E-state index contributed by atoms with van der Waals surface area (Å²) < 4.78 is 6.74. The van der Waals surface area contributed by atoms with Crippen molar-refractivity contribution >= 4 is 5.82 Å². The van der Waals surface area contributed by atoms with Crippen LogP contribution in [0, 0.1) is 0 Å². The predicted octanol–water partition coefficient (Wildman–Crippen LogP) is -1.64. The molecule has 0 radical (unpaired) electrons. The number of aliphatic hydroxyl groups excluding tert-OH is 1. The minimum atomic E-state index is -0.554. The minimum absolute atomic E-state index is 0.148. The van der Waals surface area contributed by atoms with E-state index in [0.29, 0.717) is 6.42 Å². The Morgan fingerprint density at radius 1 is 1.71 bits per heavy atom. The zero-order valence-electron chi connectivity index (χ0n) is 9.02. The van der Waals surface area contributed by atoms with E-state index in [1.54, 1.807) is 0 Å². The van der Waals surface area contributed by atoms with Crippen LogP contribution in [0.25, 0.3) is 0 Å². The topological polar surface area (TPSA) is 126 Å². The lowest BCUT2D eigenvalue weighted by molar-refractivity contribution is -0.0629. The maximum atomic E-state index is 11.6. The molecule has 0 bridgehead atoms. The molecule has 1 aliphatic heterocycles. The lowest BCUT2D eigenvalue weighted by Crippen LogP contribution is -2.30. The summed E-state index contributed by atoms with van der Waals surface area (Å²) in [4.78, 5) is 19.8. The van der Waals surface area contributed by atoms with Crippen molar-refractivity contribution in [2.45, 2.75) is 24.9 Å². The summed E-state index contributed by atoms with van der Waals surface area (Å²) in [5.41, 5.74) is 4.87. The molecule has 5 N–H and O–H groups in total. The average molecular weight is 242 g/mol. The van der Waals surface area contributed by atoms with Crippen LogP contribution in [0.4, 0.5) is 5.82 Å². The lowest BCUT2D eigenvalue weighted by Gasteiger charge is -2.14. The number of ether oxygens (including phenoxy) is 1. The van der Waals surface area contributed by atoms with E-state index in [4.69, 9.17) is 21.5 Å². The molecule has 94 valence electrons. The summed E-state index contributed by atoms with van der Waals surface area (Å²) in [5, 5.41) is 9.06. The number of aromatic nitrogens is 2. The van der Waals surface area contributed by atoms with E-state index in [1.165, 1.54) is 16.8 Å². The Morgan fingerprint density at radius 3 is 3.00 bits per heavy atom. The number of anilines is 1. The number of nitrogen functional groups attached to an aromatic ring is 1. The number of nitrogens with zero attached hydrogens (tertiary/aromatic N) is 2. The zero-order valence-corrected chi connectivity index (χ0v) is 9.02. The first-order valence-electron chi connectivity index (χ1n) is 5.12. The van der Waals surface area contributed by atoms with Gasteiger partial charge in [0.25, 0.3) is 0 Å². The van der Waals surface area contributed by atoms with Gasteiger partial charge in [-0.25, -0.2) is 10.7 Å². The van der Waals surface area contributed by atoms with Gasteiger partial charge < -0.3 is 15.6 Å². The molecule has 1 saturated heterocycles. The highest BCUT2D eigenvalue weighted by atomic mass is 16.7. The zero-order chi connectivity index (χ0) is 12.4. The van der Waals surface area contributed by atoms with Gasteiger partial charge in [0.15, 0.2) is 0 Å². The first-order chi connectivity index (χ1) is 8.15. The van der Waals surface area contributed by atoms with Crippen LogP contribution in [0.1, 0.15) is 12.6 Å². The normalized spacial score (nSPS) is 28.5. The second kappa shape index (κ2) is 4.80. The summed E-state index contributed by atoms with van der Waals surface area (Å²) in [6.45, 7) is -0.227. The van der Waals surface area contributed by atoms with Crippen LogP contribution in [0.15, 0.2) is 17.1 Å². The van der Waals surface area contributed by atoms with Crippen molar-refractivity contribution < 1.29 is 14.7 Å². The Balaban J connectivity index is 2.22. The van der Waals surface area contributed by atoms with Gasteiger partial charge in [-0.1, -0.05) is 0 Å². The van der Waals surface area contributed by atoms with Gasteiger partial charge in [-0.05, 0) is 6.07 Å². The Hall–Kier alpha value is -1.48. The molecule has 2 heterocycles. The van der Waals surface area contributed by atoms with Crippen LogP contribution in [-0.4, -0.2) is 33.5 Å². The Morgan fingerprint density at radius 2 is 2.47 bits per heavy atom. The summed E-state index contributed by atoms with van der Waals surface area (Å²) >= 11 is 0. The molecule has 3 atom stereocenters. The monoisotopic (exact) mass is 242 g/mol. The number of hydrogen-bond acceptors (Lipinski definition) is 7. The molecule has 1 aromatic rings. The van der Waals surface area contributed by atoms with Crippen LogP contribution >= 0.6 is 0 Å². The molecule has 0 unspecified atom stereocenters. The predicted molar refractivity (Wildman–Crippen MR) is 57.6 cm³/mol. The second-order valence-corrected chi connectivity index (χ2v) is 3.76. The van der Waals surface area contributed by atoms with E-state index in [-0.39, 0.29) is 12.4 Å². The van der Waals surface area contributed by atoms with Gasteiger partial charge in [-0.2, -0.15) is 4.98 Å². The van der Waals surface area contributed by atoms with Gasteiger partial charge >= 0.3 is 5.69 Å². The highest BCUT2D eigenvalue weighted by molar-refractivity contribution is 5.23. The van der Waals surface area contributed by atoms with Gasteiger partial charge in [0, 0.05) is 12.6 Å². The highest BCUT2D eigenvalue weighted by Crippen LogP contribution is 2.28. The fourth-order valence-corrected chi connectivity index (χ4v) is 1.82. The number of nitrogens with two attached hydrogens (primary N) is 2. The quantitative estimate of drug-likeness (QED) is 0.543. The summed E-state index contributed by atoms with van der Waals surface area (Å²) in [7, 11) is 0. The molecule has 0 aromatic carbocycles. The van der Waals surface area contributed by atoms with Crippen molar-refractivity contribution in [2.24, 2.45) is 5.90 Å². The van der Waals surface area contributed by atoms with Crippen LogP contribution in [0.3, 0.4) is 0 Å². The number of hydrogen-bond donors (Lipinski definition) is 3. The highest BCUT2D eigenvalue weighted by Gasteiger charge is 2.36. The molecular weight excluding hydrogens is 228 g/mol. The fourth-order valence-electron chi connectivity index (χ4n) is 1.82. The van der Waals surface area contributed by atoms with Gasteiger partial charge in [0.1, 0.15) is 24.3 Å². The molecule has 0 spiro atoms. The van der Waals surface area contributed by atoms with Gasteiger partial charge in [-0.3, -0.25) is 9.40 Å². The Labute approximate surface area is 96.7 Å². The third-order valence-corrected chi connectivity index (χ3v) is 2.70. The molecular formula is C9H14N4O4. The van der Waals surface area contributed by atoms with Gasteiger partial charge in [-0.15, -0.1) is 0 Å². The van der Waals surface area contributed by atoms with E-state index in [0.717, 1.165) is 0 Å². The van der Waals surface area contributed by atoms with Crippen LogP contribution in [-0.2, 0) is 9.57 Å². The van der Waals surface area contributed by atoms with E-state index in [2.05, 4.69) is 9.82 Å². The van der Waals surface area contributed by atoms with Gasteiger partial charge in [0.05, 0.1) is 6.61 Å². The standard InChI is InChI=1S/C9H14N4O4/c10-7-1-2-13(9(15)12-7)8-3-5(17-11)6(4-14)16-8/h1-2,5-6,8,14H,3-4,11H2,(H2,10,12,15)/t5-,6+,8+/m0/s1. The third kappa shape index (κ3) is 2.29. The van der Waals surface area contributed by atoms with Crippen LogP contribution in [0.2, 0.25) is 0 Å². The summed E-state index contributed by atoms with van der Waals surface area (Å²) in [5.74, 6) is 5.24. The molecule has 1 aliphatic rings. The van der Waals surface area contributed by atoms with Crippen molar-refractivity contribution in [2.75, 3.05) is 12.3 Å². The molecule has 1 aromatic heterocycles. The average Bonchev–Trinajstić information content (AvgIpc) is 2.72. The number of aliphatic hydroxyl groups is 1.